The Morgan fingerprint density at radius 2 is 2.15 bits per heavy atom. The van der Waals surface area contributed by atoms with Crippen molar-refractivity contribution in [1.29, 1.82) is 0 Å². The fourth-order valence-electron chi connectivity index (χ4n) is 2.74. The molecule has 3 heterocycles. The molecule has 0 aliphatic heterocycles. The van der Waals surface area contributed by atoms with E-state index in [0.717, 1.165) is 11.9 Å². The molecule has 0 atom stereocenters. The van der Waals surface area contributed by atoms with Crippen molar-refractivity contribution >= 4 is 28.4 Å². The summed E-state index contributed by atoms with van der Waals surface area (Å²) in [5, 5.41) is 13.6. The molecule has 0 saturated carbocycles. The van der Waals surface area contributed by atoms with Crippen molar-refractivity contribution in [3.63, 3.8) is 0 Å². The molecule has 0 aliphatic carbocycles. The summed E-state index contributed by atoms with van der Waals surface area (Å²) in [7, 11) is 0. The number of benzene rings is 1. The SMILES string of the molecule is C=CCn1c(=O)c2ccccc2n2c(SCc3nc(CC)no3)nnc12. The topological polar surface area (TPSA) is 91.1 Å². The molecule has 0 fully saturated rings. The summed E-state index contributed by atoms with van der Waals surface area (Å²) in [4.78, 5) is 17.1. The molecule has 26 heavy (non-hydrogen) atoms. The molecule has 3 aromatic heterocycles. The Balaban J connectivity index is 1.83. The largest absolute Gasteiger partial charge is 0.338 e. The fourth-order valence-corrected chi connectivity index (χ4v) is 3.52. The molecule has 0 amide bonds. The van der Waals surface area contributed by atoms with Crippen LogP contribution in [0.4, 0.5) is 0 Å². The molecule has 0 spiro atoms. The third kappa shape index (κ3) is 2.70. The number of allylic oxidation sites excluding steroid dienone is 1. The molecule has 8 nitrogen and oxygen atoms in total. The average Bonchev–Trinajstić information content (AvgIpc) is 3.30. The lowest BCUT2D eigenvalue weighted by molar-refractivity contribution is 0.385. The normalized spacial score (nSPS) is 11.4. The Kier molecular flexibility index (Phi) is 4.29. The van der Waals surface area contributed by atoms with Crippen LogP contribution < -0.4 is 5.56 Å². The molecule has 132 valence electrons. The van der Waals surface area contributed by atoms with Crippen LogP contribution in [0, 0.1) is 0 Å². The highest BCUT2D eigenvalue weighted by Gasteiger charge is 2.17. The number of hydrogen-bond acceptors (Lipinski definition) is 7. The highest BCUT2D eigenvalue weighted by molar-refractivity contribution is 7.98. The maximum atomic E-state index is 12.8. The van der Waals surface area contributed by atoms with Crippen molar-refractivity contribution in [2.45, 2.75) is 30.8 Å². The van der Waals surface area contributed by atoms with Gasteiger partial charge in [0.2, 0.25) is 11.7 Å². The molecule has 1 aromatic carbocycles. The van der Waals surface area contributed by atoms with Gasteiger partial charge in [0.15, 0.2) is 11.0 Å². The van der Waals surface area contributed by atoms with Gasteiger partial charge < -0.3 is 4.52 Å². The smallest absolute Gasteiger partial charge is 0.263 e. The van der Waals surface area contributed by atoms with Crippen molar-refractivity contribution < 1.29 is 4.52 Å². The fraction of sp³-hybridized carbons (Fsp3) is 0.235. The van der Waals surface area contributed by atoms with Crippen LogP contribution in [0.3, 0.4) is 0 Å². The lowest BCUT2D eigenvalue weighted by atomic mass is 10.2. The second-order valence-corrected chi connectivity index (χ2v) is 6.53. The van der Waals surface area contributed by atoms with E-state index in [1.54, 1.807) is 16.7 Å². The maximum Gasteiger partial charge on any atom is 0.263 e. The number of para-hydroxylation sites is 1. The summed E-state index contributed by atoms with van der Waals surface area (Å²) < 4.78 is 8.67. The van der Waals surface area contributed by atoms with E-state index in [9.17, 15) is 4.79 Å². The quantitative estimate of drug-likeness (QED) is 0.381. The van der Waals surface area contributed by atoms with Gasteiger partial charge in [0.1, 0.15) is 0 Å². The van der Waals surface area contributed by atoms with E-state index < -0.39 is 0 Å². The minimum atomic E-state index is -0.110. The summed E-state index contributed by atoms with van der Waals surface area (Å²) in [5.41, 5.74) is 0.654. The third-order valence-electron chi connectivity index (χ3n) is 3.94. The molecule has 9 heteroatoms. The molecular formula is C17H16N6O2S. The predicted octanol–water partition coefficient (Wildman–Crippen LogP) is 2.47. The zero-order chi connectivity index (χ0) is 18.1. The average molecular weight is 368 g/mol. The molecule has 0 aliphatic rings. The minimum absolute atomic E-state index is 0.110. The Hall–Kier alpha value is -2.94. The lowest BCUT2D eigenvalue weighted by Crippen LogP contribution is -2.22. The summed E-state index contributed by atoms with van der Waals surface area (Å²) in [5.74, 6) is 2.17. The molecular weight excluding hydrogens is 352 g/mol. The molecule has 0 unspecified atom stereocenters. The first-order chi connectivity index (χ1) is 12.7. The molecule has 0 saturated heterocycles. The van der Waals surface area contributed by atoms with Gasteiger partial charge >= 0.3 is 0 Å². The second kappa shape index (κ2) is 6.75. The van der Waals surface area contributed by atoms with Crippen molar-refractivity contribution in [2.24, 2.45) is 0 Å². The van der Waals surface area contributed by atoms with Crippen LogP contribution in [0.25, 0.3) is 16.7 Å². The van der Waals surface area contributed by atoms with Gasteiger partial charge in [-0.2, -0.15) is 4.98 Å². The van der Waals surface area contributed by atoms with Gasteiger partial charge in [-0.25, -0.2) is 0 Å². The van der Waals surface area contributed by atoms with E-state index in [1.807, 2.05) is 29.5 Å². The van der Waals surface area contributed by atoms with Gasteiger partial charge in [-0.1, -0.05) is 42.1 Å². The number of hydrogen-bond donors (Lipinski definition) is 0. The van der Waals surface area contributed by atoms with Crippen LogP contribution >= 0.6 is 11.8 Å². The monoisotopic (exact) mass is 368 g/mol. The van der Waals surface area contributed by atoms with E-state index in [4.69, 9.17) is 4.52 Å². The third-order valence-corrected chi connectivity index (χ3v) is 4.85. The van der Waals surface area contributed by atoms with Crippen LogP contribution in [-0.4, -0.2) is 29.3 Å². The summed E-state index contributed by atoms with van der Waals surface area (Å²) >= 11 is 1.43. The van der Waals surface area contributed by atoms with Crippen molar-refractivity contribution in [3.05, 3.63) is 59.0 Å². The highest BCUT2D eigenvalue weighted by Crippen LogP contribution is 2.24. The van der Waals surface area contributed by atoms with Gasteiger partial charge in [-0.3, -0.25) is 13.8 Å². The van der Waals surface area contributed by atoms with E-state index in [1.165, 1.54) is 11.8 Å². The Morgan fingerprint density at radius 3 is 2.92 bits per heavy atom. The molecule has 0 bridgehead atoms. The van der Waals surface area contributed by atoms with Crippen molar-refractivity contribution in [3.8, 4) is 0 Å². The second-order valence-electron chi connectivity index (χ2n) is 5.59. The number of fused-ring (bicyclic) bond motifs is 3. The minimum Gasteiger partial charge on any atom is -0.338 e. The number of thioether (sulfide) groups is 1. The van der Waals surface area contributed by atoms with Crippen molar-refractivity contribution in [1.82, 2.24) is 29.3 Å². The van der Waals surface area contributed by atoms with Crippen LogP contribution in [0.2, 0.25) is 0 Å². The van der Waals surface area contributed by atoms with Gasteiger partial charge in [-0.05, 0) is 12.1 Å². The van der Waals surface area contributed by atoms with Crippen LogP contribution in [0.5, 0.6) is 0 Å². The standard InChI is InChI=1S/C17H16N6O2S/c1-3-9-22-15(24)11-7-5-6-8-12(11)23-16(22)19-20-17(23)26-10-14-18-13(4-2)21-25-14/h3,5-8H,1,4,9-10H2,2H3. The molecule has 4 aromatic rings. The Bertz CT molecular complexity index is 1160. The van der Waals surface area contributed by atoms with E-state index in [0.29, 0.717) is 40.3 Å². The van der Waals surface area contributed by atoms with E-state index in [2.05, 4.69) is 26.9 Å². The maximum absolute atomic E-state index is 12.8. The van der Waals surface area contributed by atoms with Gasteiger partial charge in [0, 0.05) is 13.0 Å². The summed E-state index contributed by atoms with van der Waals surface area (Å²) in [6.07, 6.45) is 2.39. The zero-order valence-corrected chi connectivity index (χ0v) is 14.9. The Morgan fingerprint density at radius 1 is 1.31 bits per heavy atom. The van der Waals surface area contributed by atoms with E-state index >= 15 is 0 Å². The summed E-state index contributed by atoms with van der Waals surface area (Å²) in [6.45, 7) is 6.06. The molecule has 0 N–H and O–H groups in total. The first kappa shape index (κ1) is 16.5. The van der Waals surface area contributed by atoms with E-state index in [-0.39, 0.29) is 5.56 Å². The first-order valence-corrected chi connectivity index (χ1v) is 9.13. The predicted molar refractivity (Wildman–Crippen MR) is 98.2 cm³/mol. The number of nitrogens with zero attached hydrogens (tertiary/aromatic N) is 6. The van der Waals surface area contributed by atoms with Gasteiger partial charge in [0.25, 0.3) is 5.56 Å². The molecule has 0 radical (unpaired) electrons. The van der Waals surface area contributed by atoms with Crippen molar-refractivity contribution in [2.75, 3.05) is 0 Å². The molecule has 4 rings (SSSR count). The number of rotatable bonds is 6. The highest BCUT2D eigenvalue weighted by atomic mass is 32.2. The first-order valence-electron chi connectivity index (χ1n) is 8.14. The number of aromatic nitrogens is 6. The zero-order valence-electron chi connectivity index (χ0n) is 14.1. The van der Waals surface area contributed by atoms with Crippen LogP contribution in [-0.2, 0) is 18.7 Å². The summed E-state index contributed by atoms with van der Waals surface area (Å²) in [6, 6.07) is 7.42. The van der Waals surface area contributed by atoms with Gasteiger partial charge in [-0.15, -0.1) is 16.8 Å². The van der Waals surface area contributed by atoms with Crippen LogP contribution in [0.1, 0.15) is 18.6 Å². The van der Waals surface area contributed by atoms with Crippen LogP contribution in [0.15, 0.2) is 51.4 Å². The Labute approximate surface area is 152 Å². The number of aryl methyl sites for hydroxylation is 1. The lowest BCUT2D eigenvalue weighted by Gasteiger charge is -2.09. The van der Waals surface area contributed by atoms with Gasteiger partial charge in [0.05, 0.1) is 16.7 Å².